The molecule has 0 bridgehead atoms. The molecule has 1 atom stereocenters. The summed E-state index contributed by atoms with van der Waals surface area (Å²) in [5.41, 5.74) is 1.35. The van der Waals surface area contributed by atoms with Crippen LogP contribution in [0.2, 0.25) is 10.0 Å². The van der Waals surface area contributed by atoms with E-state index < -0.39 is 5.54 Å². The average molecular weight is 395 g/mol. The fraction of sp³-hybridized carbons (Fsp3) is 0.0909. The minimum Gasteiger partial charge on any atom is -0.308 e. The van der Waals surface area contributed by atoms with Crippen LogP contribution in [0.25, 0.3) is 0 Å². The van der Waals surface area contributed by atoms with Crippen molar-refractivity contribution >= 4 is 34.9 Å². The molecule has 1 aliphatic heterocycles. The van der Waals surface area contributed by atoms with Crippen molar-refractivity contribution in [2.45, 2.75) is 12.0 Å². The van der Waals surface area contributed by atoms with E-state index in [9.17, 15) is 4.79 Å². The molecule has 1 aliphatic rings. The minimum atomic E-state index is -1.10. The highest BCUT2D eigenvalue weighted by Crippen LogP contribution is 2.37. The third-order valence-electron chi connectivity index (χ3n) is 4.69. The predicted molar refractivity (Wildman–Crippen MR) is 109 cm³/mol. The number of hydrogen-bond donors (Lipinski definition) is 1. The number of carbonyl (C=O) groups is 1. The smallest absolute Gasteiger partial charge is 0.258 e. The number of halogens is 2. The Morgan fingerprint density at radius 1 is 0.852 bits per heavy atom. The van der Waals surface area contributed by atoms with Gasteiger partial charge in [0.05, 0.1) is 10.0 Å². The van der Waals surface area contributed by atoms with Crippen molar-refractivity contribution in [3.8, 4) is 0 Å². The molecule has 3 aromatic rings. The lowest BCUT2D eigenvalue weighted by atomic mass is 9.84. The van der Waals surface area contributed by atoms with Gasteiger partial charge in [-0.25, -0.2) is 4.99 Å². The quantitative estimate of drug-likeness (QED) is 0.663. The van der Waals surface area contributed by atoms with E-state index >= 15 is 0 Å². The number of benzene rings is 3. The zero-order valence-corrected chi connectivity index (χ0v) is 15.8. The zero-order valence-electron chi connectivity index (χ0n) is 14.3. The Morgan fingerprint density at radius 2 is 1.52 bits per heavy atom. The van der Waals surface area contributed by atoms with Crippen molar-refractivity contribution in [2.24, 2.45) is 4.99 Å². The molecule has 27 heavy (non-hydrogen) atoms. The lowest BCUT2D eigenvalue weighted by molar-refractivity contribution is -0.124. The molecule has 1 heterocycles. The second kappa shape index (κ2) is 7.18. The SMILES string of the molecule is O=C1NC(c2ccccc2)=NC1(Cc1cccc(Cl)c1Cl)c1ccccc1. The predicted octanol–water partition coefficient (Wildman–Crippen LogP) is 5.01. The number of amidine groups is 1. The van der Waals surface area contributed by atoms with E-state index in [-0.39, 0.29) is 5.91 Å². The Morgan fingerprint density at radius 3 is 2.22 bits per heavy atom. The summed E-state index contributed by atoms with van der Waals surface area (Å²) in [5, 5.41) is 3.86. The summed E-state index contributed by atoms with van der Waals surface area (Å²) in [6.07, 6.45) is 0.318. The molecule has 3 nitrogen and oxygen atoms in total. The zero-order chi connectivity index (χ0) is 18.9. The normalized spacial score (nSPS) is 18.9. The first-order valence-electron chi connectivity index (χ1n) is 8.55. The van der Waals surface area contributed by atoms with E-state index in [1.807, 2.05) is 72.8 Å². The van der Waals surface area contributed by atoms with Gasteiger partial charge in [0, 0.05) is 12.0 Å². The van der Waals surface area contributed by atoms with Crippen LogP contribution in [0.4, 0.5) is 0 Å². The van der Waals surface area contributed by atoms with Gasteiger partial charge in [-0.3, -0.25) is 4.79 Å². The summed E-state index contributed by atoms with van der Waals surface area (Å²) in [5.74, 6) is 0.381. The van der Waals surface area contributed by atoms with Gasteiger partial charge in [0.15, 0.2) is 5.54 Å². The van der Waals surface area contributed by atoms with Gasteiger partial charge in [0.25, 0.3) is 5.91 Å². The molecule has 134 valence electrons. The van der Waals surface area contributed by atoms with Gasteiger partial charge in [-0.1, -0.05) is 96.0 Å². The molecule has 0 saturated carbocycles. The summed E-state index contributed by atoms with van der Waals surface area (Å²) >= 11 is 12.6. The number of hydrogen-bond acceptors (Lipinski definition) is 2. The van der Waals surface area contributed by atoms with E-state index in [2.05, 4.69) is 5.32 Å². The van der Waals surface area contributed by atoms with Crippen molar-refractivity contribution < 1.29 is 4.79 Å². The minimum absolute atomic E-state index is 0.177. The highest BCUT2D eigenvalue weighted by molar-refractivity contribution is 6.42. The van der Waals surface area contributed by atoms with Gasteiger partial charge < -0.3 is 5.32 Å². The maximum absolute atomic E-state index is 13.2. The van der Waals surface area contributed by atoms with Crippen molar-refractivity contribution in [3.63, 3.8) is 0 Å². The summed E-state index contributed by atoms with van der Waals surface area (Å²) in [7, 11) is 0. The number of rotatable bonds is 4. The van der Waals surface area contributed by atoms with Crippen LogP contribution in [-0.4, -0.2) is 11.7 Å². The molecule has 1 amide bonds. The fourth-order valence-electron chi connectivity index (χ4n) is 3.31. The summed E-state index contributed by atoms with van der Waals surface area (Å²) in [4.78, 5) is 18.0. The van der Waals surface area contributed by atoms with Gasteiger partial charge in [0.1, 0.15) is 5.84 Å². The van der Waals surface area contributed by atoms with E-state index in [0.717, 1.165) is 16.7 Å². The maximum atomic E-state index is 13.2. The largest absolute Gasteiger partial charge is 0.308 e. The monoisotopic (exact) mass is 394 g/mol. The van der Waals surface area contributed by atoms with Crippen LogP contribution in [0.1, 0.15) is 16.7 Å². The third-order valence-corrected chi connectivity index (χ3v) is 5.54. The molecule has 0 aromatic heterocycles. The standard InChI is InChI=1S/C22H16Cl2N2O/c23-18-13-7-10-16(19(18)24)14-22(17-11-5-2-6-12-17)21(27)25-20(26-22)15-8-3-1-4-9-15/h1-13H,14H2,(H,25,26,27). The topological polar surface area (TPSA) is 41.5 Å². The Labute approximate surface area is 167 Å². The Balaban J connectivity index is 1.86. The molecule has 5 heteroatoms. The van der Waals surface area contributed by atoms with Gasteiger partial charge in [-0.2, -0.15) is 0 Å². The van der Waals surface area contributed by atoms with Crippen LogP contribution < -0.4 is 5.32 Å². The van der Waals surface area contributed by atoms with Gasteiger partial charge in [0.2, 0.25) is 0 Å². The molecule has 3 aromatic carbocycles. The molecule has 1 unspecified atom stereocenters. The van der Waals surface area contributed by atoms with Crippen LogP contribution in [0, 0.1) is 0 Å². The molecule has 4 rings (SSSR count). The molecule has 0 spiro atoms. The highest BCUT2D eigenvalue weighted by Gasteiger charge is 2.45. The van der Waals surface area contributed by atoms with Crippen LogP contribution >= 0.6 is 23.2 Å². The van der Waals surface area contributed by atoms with Crippen molar-refractivity contribution in [2.75, 3.05) is 0 Å². The molecule has 0 aliphatic carbocycles. The summed E-state index contributed by atoms with van der Waals surface area (Å²) in [6, 6.07) is 24.6. The van der Waals surface area contributed by atoms with E-state index in [1.54, 1.807) is 6.07 Å². The highest BCUT2D eigenvalue weighted by atomic mass is 35.5. The van der Waals surface area contributed by atoms with Crippen molar-refractivity contribution in [3.05, 3.63) is 106 Å². The number of amides is 1. The van der Waals surface area contributed by atoms with Gasteiger partial charge >= 0.3 is 0 Å². The number of carbonyl (C=O) groups excluding carboxylic acids is 1. The van der Waals surface area contributed by atoms with Crippen molar-refractivity contribution in [1.82, 2.24) is 5.32 Å². The Kier molecular flexibility index (Phi) is 4.73. The molecule has 0 fully saturated rings. The molecule has 1 N–H and O–H groups in total. The first kappa shape index (κ1) is 17.8. The van der Waals surface area contributed by atoms with Crippen LogP contribution in [0.5, 0.6) is 0 Å². The van der Waals surface area contributed by atoms with E-state index in [1.165, 1.54) is 0 Å². The molecular formula is C22H16Cl2N2O. The summed E-state index contributed by atoms with van der Waals surface area (Å²) < 4.78 is 0. The fourth-order valence-corrected chi connectivity index (χ4v) is 3.69. The first-order chi connectivity index (χ1) is 13.1. The lowest BCUT2D eigenvalue weighted by Crippen LogP contribution is -2.39. The number of nitrogens with zero attached hydrogens (tertiary/aromatic N) is 1. The van der Waals surface area contributed by atoms with Crippen LogP contribution in [0.3, 0.4) is 0 Å². The molecule has 0 saturated heterocycles. The Bertz CT molecular complexity index is 1020. The molecule has 0 radical (unpaired) electrons. The van der Waals surface area contributed by atoms with Gasteiger partial charge in [-0.05, 0) is 17.2 Å². The summed E-state index contributed by atoms with van der Waals surface area (Å²) in [6.45, 7) is 0. The molecular weight excluding hydrogens is 379 g/mol. The van der Waals surface area contributed by atoms with E-state index in [4.69, 9.17) is 28.2 Å². The van der Waals surface area contributed by atoms with E-state index in [0.29, 0.717) is 22.3 Å². The van der Waals surface area contributed by atoms with Crippen LogP contribution in [0.15, 0.2) is 83.9 Å². The van der Waals surface area contributed by atoms with Gasteiger partial charge in [-0.15, -0.1) is 0 Å². The lowest BCUT2D eigenvalue weighted by Gasteiger charge is -2.24. The first-order valence-corrected chi connectivity index (χ1v) is 9.31. The Hall–Kier alpha value is -2.62. The van der Waals surface area contributed by atoms with Crippen molar-refractivity contribution in [1.29, 1.82) is 0 Å². The average Bonchev–Trinajstić information content (AvgIpc) is 3.04. The maximum Gasteiger partial charge on any atom is 0.258 e. The number of nitrogens with one attached hydrogen (secondary N) is 1. The van der Waals surface area contributed by atoms with Crippen LogP contribution in [-0.2, 0) is 16.8 Å². The number of aliphatic imine (C=N–C) groups is 1. The second-order valence-corrected chi connectivity index (χ2v) is 7.18. The second-order valence-electron chi connectivity index (χ2n) is 6.40. The third kappa shape index (κ3) is 3.25.